The summed E-state index contributed by atoms with van der Waals surface area (Å²) in [4.78, 5) is 23.5. The van der Waals surface area contributed by atoms with Crippen LogP contribution in [0.25, 0.3) is 0 Å². The largest absolute Gasteiger partial charge is 0.456 e. The van der Waals surface area contributed by atoms with Gasteiger partial charge in [-0.25, -0.2) is 8.42 Å². The summed E-state index contributed by atoms with van der Waals surface area (Å²) >= 11 is 0. The Bertz CT molecular complexity index is 558. The summed E-state index contributed by atoms with van der Waals surface area (Å²) in [6.07, 6.45) is 5.72. The third-order valence-corrected chi connectivity index (χ3v) is 7.04. The van der Waals surface area contributed by atoms with E-state index in [9.17, 15) is 18.0 Å². The quantitative estimate of drug-likeness (QED) is 0.748. The van der Waals surface area contributed by atoms with Crippen LogP contribution in [0.5, 0.6) is 0 Å². The van der Waals surface area contributed by atoms with E-state index in [2.05, 4.69) is 5.32 Å². The zero-order valence-corrected chi connectivity index (χ0v) is 13.4. The number of rotatable bonds is 5. The highest BCUT2D eigenvalue weighted by Crippen LogP contribution is 2.49. The molecule has 1 heterocycles. The van der Waals surface area contributed by atoms with E-state index in [1.54, 1.807) is 0 Å². The van der Waals surface area contributed by atoms with Crippen molar-refractivity contribution in [1.82, 2.24) is 5.32 Å². The fourth-order valence-corrected chi connectivity index (χ4v) is 5.90. The molecule has 0 unspecified atom stereocenters. The van der Waals surface area contributed by atoms with Crippen LogP contribution < -0.4 is 5.32 Å². The highest BCUT2D eigenvalue weighted by atomic mass is 32.2. The number of esters is 1. The molecule has 7 heteroatoms. The molecule has 1 aliphatic heterocycles. The first-order valence-corrected chi connectivity index (χ1v) is 9.89. The van der Waals surface area contributed by atoms with Gasteiger partial charge in [0.05, 0.1) is 11.5 Å². The molecule has 0 aromatic heterocycles. The number of hydrogen-bond donors (Lipinski definition) is 1. The van der Waals surface area contributed by atoms with E-state index in [0.29, 0.717) is 24.7 Å². The van der Waals surface area contributed by atoms with Crippen LogP contribution in [-0.4, -0.2) is 44.4 Å². The summed E-state index contributed by atoms with van der Waals surface area (Å²) in [7, 11) is -3.02. The minimum Gasteiger partial charge on any atom is -0.456 e. The lowest BCUT2D eigenvalue weighted by atomic mass is 9.86. The van der Waals surface area contributed by atoms with Gasteiger partial charge in [0.25, 0.3) is 5.91 Å². The Labute approximate surface area is 130 Å². The van der Waals surface area contributed by atoms with Gasteiger partial charge in [-0.05, 0) is 43.4 Å². The van der Waals surface area contributed by atoms with Gasteiger partial charge in [-0.15, -0.1) is 0 Å². The molecule has 3 rings (SSSR count). The standard InChI is InChI=1S/C15H23NO5S/c17-14(16-13-3-4-22(19,20)9-13)8-21-15(18)7-12-6-10-1-2-11(12)5-10/h10-13H,1-9H2,(H,16,17)/t10-,11+,12+,13+/m0/s1. The van der Waals surface area contributed by atoms with Crippen LogP contribution in [0.4, 0.5) is 0 Å². The number of sulfone groups is 1. The molecule has 1 amide bonds. The number of ether oxygens (including phenoxy) is 1. The zero-order chi connectivity index (χ0) is 15.7. The first-order valence-electron chi connectivity index (χ1n) is 8.07. The molecule has 124 valence electrons. The van der Waals surface area contributed by atoms with E-state index in [-0.39, 0.29) is 30.1 Å². The Balaban J connectivity index is 1.35. The fourth-order valence-electron chi connectivity index (χ4n) is 4.22. The van der Waals surface area contributed by atoms with E-state index in [1.165, 1.54) is 19.3 Å². The summed E-state index contributed by atoms with van der Waals surface area (Å²) in [6.45, 7) is -0.309. The highest BCUT2D eigenvalue weighted by molar-refractivity contribution is 7.91. The summed E-state index contributed by atoms with van der Waals surface area (Å²) in [6, 6.07) is -0.346. The Kier molecular flexibility index (Phi) is 4.43. The number of carbonyl (C=O) groups excluding carboxylic acids is 2. The maximum absolute atomic E-state index is 11.8. The van der Waals surface area contributed by atoms with Gasteiger partial charge < -0.3 is 10.1 Å². The molecular weight excluding hydrogens is 306 g/mol. The maximum atomic E-state index is 11.8. The van der Waals surface area contributed by atoms with Gasteiger partial charge >= 0.3 is 5.97 Å². The maximum Gasteiger partial charge on any atom is 0.306 e. The average Bonchev–Trinajstić information content (AvgIpc) is 3.12. The summed E-state index contributed by atoms with van der Waals surface area (Å²) < 4.78 is 27.7. The SMILES string of the molecule is O=C(COC(=O)C[C@H]1C[C@H]2CC[C@@H]1C2)N[C@@H]1CCS(=O)(=O)C1. The lowest BCUT2D eigenvalue weighted by Gasteiger charge is -2.20. The van der Waals surface area contributed by atoms with E-state index in [1.807, 2.05) is 0 Å². The van der Waals surface area contributed by atoms with Gasteiger partial charge in [0.2, 0.25) is 0 Å². The molecule has 0 aromatic carbocycles. The number of hydrogen-bond acceptors (Lipinski definition) is 5. The van der Waals surface area contributed by atoms with E-state index in [4.69, 9.17) is 4.74 Å². The molecule has 1 saturated heterocycles. The summed E-state index contributed by atoms with van der Waals surface area (Å²) in [5, 5.41) is 2.62. The average molecular weight is 329 g/mol. The monoisotopic (exact) mass is 329 g/mol. The zero-order valence-electron chi connectivity index (χ0n) is 12.6. The number of nitrogens with one attached hydrogen (secondary N) is 1. The molecule has 0 radical (unpaired) electrons. The molecule has 3 aliphatic rings. The number of carbonyl (C=O) groups is 2. The van der Waals surface area contributed by atoms with Crippen molar-refractivity contribution in [3.63, 3.8) is 0 Å². The van der Waals surface area contributed by atoms with Crippen LogP contribution >= 0.6 is 0 Å². The van der Waals surface area contributed by atoms with Crippen LogP contribution in [0.1, 0.15) is 38.5 Å². The van der Waals surface area contributed by atoms with Gasteiger partial charge in [0, 0.05) is 12.5 Å². The smallest absolute Gasteiger partial charge is 0.306 e. The first kappa shape index (κ1) is 15.8. The molecule has 2 saturated carbocycles. The van der Waals surface area contributed by atoms with E-state index in [0.717, 1.165) is 12.3 Å². The van der Waals surface area contributed by atoms with Crippen LogP contribution in [0, 0.1) is 17.8 Å². The Morgan fingerprint density at radius 2 is 1.95 bits per heavy atom. The molecule has 22 heavy (non-hydrogen) atoms. The van der Waals surface area contributed by atoms with E-state index >= 15 is 0 Å². The number of fused-ring (bicyclic) bond motifs is 2. The van der Waals surface area contributed by atoms with Crippen molar-refractivity contribution in [2.75, 3.05) is 18.1 Å². The Morgan fingerprint density at radius 1 is 1.14 bits per heavy atom. The Hall–Kier alpha value is -1.11. The predicted octanol–water partition coefficient (Wildman–Crippen LogP) is 0.659. The minimum atomic E-state index is -3.02. The summed E-state index contributed by atoms with van der Waals surface area (Å²) in [5.74, 6) is 1.25. The molecule has 2 aliphatic carbocycles. The molecule has 3 fully saturated rings. The molecular formula is C15H23NO5S. The fraction of sp³-hybridized carbons (Fsp3) is 0.867. The minimum absolute atomic E-state index is 0.0160. The second-order valence-corrected chi connectivity index (χ2v) is 9.20. The van der Waals surface area contributed by atoms with Crippen molar-refractivity contribution >= 4 is 21.7 Å². The normalized spacial score (nSPS) is 35.5. The first-order chi connectivity index (χ1) is 10.4. The number of amides is 1. The van der Waals surface area contributed by atoms with Gasteiger partial charge in [-0.3, -0.25) is 9.59 Å². The third kappa shape index (κ3) is 3.80. The topological polar surface area (TPSA) is 89.5 Å². The second kappa shape index (κ2) is 6.18. The predicted molar refractivity (Wildman–Crippen MR) is 79.7 cm³/mol. The van der Waals surface area contributed by atoms with Crippen LogP contribution in [0.3, 0.4) is 0 Å². The lowest BCUT2D eigenvalue weighted by Crippen LogP contribution is -2.38. The molecule has 0 aromatic rings. The molecule has 4 atom stereocenters. The van der Waals surface area contributed by atoms with Crippen molar-refractivity contribution < 1.29 is 22.7 Å². The van der Waals surface area contributed by atoms with Crippen molar-refractivity contribution in [3.05, 3.63) is 0 Å². The molecule has 0 spiro atoms. The van der Waals surface area contributed by atoms with Crippen molar-refractivity contribution in [3.8, 4) is 0 Å². The molecule has 2 bridgehead atoms. The van der Waals surface area contributed by atoms with Gasteiger partial charge in [0.1, 0.15) is 0 Å². The third-order valence-electron chi connectivity index (χ3n) is 5.28. The highest BCUT2D eigenvalue weighted by Gasteiger charge is 2.40. The summed E-state index contributed by atoms with van der Waals surface area (Å²) in [5.41, 5.74) is 0. The van der Waals surface area contributed by atoms with Crippen LogP contribution in [0.15, 0.2) is 0 Å². The van der Waals surface area contributed by atoms with Crippen molar-refractivity contribution in [2.24, 2.45) is 17.8 Å². The van der Waals surface area contributed by atoms with Gasteiger partial charge in [0.15, 0.2) is 16.4 Å². The van der Waals surface area contributed by atoms with E-state index < -0.39 is 15.7 Å². The van der Waals surface area contributed by atoms with Crippen LogP contribution in [-0.2, 0) is 24.2 Å². The lowest BCUT2D eigenvalue weighted by molar-refractivity contribution is -0.150. The van der Waals surface area contributed by atoms with Gasteiger partial charge in [-0.1, -0.05) is 6.42 Å². The van der Waals surface area contributed by atoms with Crippen molar-refractivity contribution in [1.29, 1.82) is 0 Å². The molecule has 1 N–H and O–H groups in total. The van der Waals surface area contributed by atoms with Crippen LogP contribution in [0.2, 0.25) is 0 Å². The van der Waals surface area contributed by atoms with Crippen molar-refractivity contribution in [2.45, 2.75) is 44.6 Å². The second-order valence-electron chi connectivity index (χ2n) is 6.97. The Morgan fingerprint density at radius 3 is 2.55 bits per heavy atom. The van der Waals surface area contributed by atoms with Gasteiger partial charge in [-0.2, -0.15) is 0 Å². The molecule has 6 nitrogen and oxygen atoms in total.